The van der Waals surface area contributed by atoms with Crippen molar-refractivity contribution in [3.63, 3.8) is 0 Å². The number of benzene rings is 2. The number of pyridine rings is 1. The highest BCUT2D eigenvalue weighted by molar-refractivity contribution is 7.89. The third kappa shape index (κ3) is 5.16. The molecule has 9 heteroatoms. The molecule has 0 radical (unpaired) electrons. The second-order valence-electron chi connectivity index (χ2n) is 9.31. The van der Waals surface area contributed by atoms with Crippen molar-refractivity contribution < 1.29 is 13.2 Å². The molecule has 1 aliphatic heterocycles. The van der Waals surface area contributed by atoms with Gasteiger partial charge in [0.1, 0.15) is 0 Å². The minimum Gasteiger partial charge on any atom is -0.278 e. The molecule has 0 spiro atoms. The van der Waals surface area contributed by atoms with Gasteiger partial charge in [0.15, 0.2) is 5.13 Å². The highest BCUT2D eigenvalue weighted by atomic mass is 32.2. The van der Waals surface area contributed by atoms with E-state index >= 15 is 0 Å². The maximum Gasteiger partial charge on any atom is 0.260 e. The average Bonchev–Trinajstić information content (AvgIpc) is 3.36. The summed E-state index contributed by atoms with van der Waals surface area (Å²) in [6.45, 7) is 4.82. The van der Waals surface area contributed by atoms with E-state index in [9.17, 15) is 13.2 Å². The highest BCUT2D eigenvalue weighted by Gasteiger charge is 2.31. The summed E-state index contributed by atoms with van der Waals surface area (Å²) in [5, 5.41) is 0.588. The van der Waals surface area contributed by atoms with E-state index in [2.05, 4.69) is 18.0 Å². The molecule has 2 aromatic carbocycles. The van der Waals surface area contributed by atoms with Crippen LogP contribution in [-0.2, 0) is 23.0 Å². The number of aryl methyl sites for hydroxylation is 1. The van der Waals surface area contributed by atoms with Gasteiger partial charge in [-0.05, 0) is 74.2 Å². The number of para-hydroxylation sites is 1. The monoisotopic (exact) mass is 534 g/mol. The minimum absolute atomic E-state index is 0.0269. The molecule has 0 aliphatic carbocycles. The predicted molar refractivity (Wildman–Crippen MR) is 147 cm³/mol. The van der Waals surface area contributed by atoms with Crippen LogP contribution in [0.3, 0.4) is 0 Å². The van der Waals surface area contributed by atoms with Gasteiger partial charge in [-0.15, -0.1) is 0 Å². The van der Waals surface area contributed by atoms with E-state index in [0.717, 1.165) is 47.2 Å². The van der Waals surface area contributed by atoms with Crippen LogP contribution in [0.25, 0.3) is 10.2 Å². The van der Waals surface area contributed by atoms with Crippen LogP contribution in [0.1, 0.15) is 54.7 Å². The lowest BCUT2D eigenvalue weighted by molar-refractivity contribution is 0.0984. The molecule has 5 rings (SSSR count). The summed E-state index contributed by atoms with van der Waals surface area (Å²) in [5.41, 5.74) is 3.17. The number of thiazole rings is 1. The van der Waals surface area contributed by atoms with Crippen LogP contribution in [0.15, 0.2) is 71.8 Å². The van der Waals surface area contributed by atoms with Gasteiger partial charge in [0, 0.05) is 24.3 Å². The topological polar surface area (TPSA) is 83.5 Å². The quantitative estimate of drug-likeness (QED) is 0.305. The Balaban J connectivity index is 1.48. The zero-order valence-electron chi connectivity index (χ0n) is 21.0. The Morgan fingerprint density at radius 1 is 1.08 bits per heavy atom. The minimum atomic E-state index is -3.61. The Bertz CT molecular complexity index is 1500. The third-order valence-electron chi connectivity index (χ3n) is 6.84. The van der Waals surface area contributed by atoms with Crippen LogP contribution in [0.2, 0.25) is 0 Å². The lowest BCUT2D eigenvalue weighted by Gasteiger charge is -2.32. The molecule has 0 bridgehead atoms. The Morgan fingerprint density at radius 3 is 2.59 bits per heavy atom. The maximum absolute atomic E-state index is 13.8. The number of hydrogen-bond acceptors (Lipinski definition) is 6. The van der Waals surface area contributed by atoms with E-state index in [1.54, 1.807) is 27.5 Å². The van der Waals surface area contributed by atoms with Gasteiger partial charge in [0.25, 0.3) is 5.91 Å². The van der Waals surface area contributed by atoms with Crippen LogP contribution in [0.5, 0.6) is 0 Å². The van der Waals surface area contributed by atoms with Crippen LogP contribution in [0.4, 0.5) is 5.13 Å². The van der Waals surface area contributed by atoms with Gasteiger partial charge in [0.05, 0.1) is 27.4 Å². The largest absolute Gasteiger partial charge is 0.278 e. The fraction of sp³-hybridized carbons (Fsp3) is 0.321. The number of sulfonamides is 1. The molecule has 37 heavy (non-hydrogen) atoms. The number of hydrogen-bond donors (Lipinski definition) is 0. The molecular weight excluding hydrogens is 504 g/mol. The van der Waals surface area contributed by atoms with Crippen molar-refractivity contribution in [1.29, 1.82) is 0 Å². The molecule has 4 aromatic rings. The van der Waals surface area contributed by atoms with E-state index in [1.807, 2.05) is 37.3 Å². The van der Waals surface area contributed by atoms with Crippen molar-refractivity contribution in [3.8, 4) is 0 Å². The Hall–Kier alpha value is -3.14. The van der Waals surface area contributed by atoms with Gasteiger partial charge in [-0.1, -0.05) is 42.9 Å². The molecule has 0 N–H and O–H groups in total. The summed E-state index contributed by atoms with van der Waals surface area (Å²) in [6.07, 6.45) is 5.32. The summed E-state index contributed by atoms with van der Waals surface area (Å²) >= 11 is 1.47. The second-order valence-corrected chi connectivity index (χ2v) is 12.2. The molecule has 1 fully saturated rings. The van der Waals surface area contributed by atoms with Gasteiger partial charge in [0.2, 0.25) is 10.0 Å². The first kappa shape index (κ1) is 25.5. The SMILES string of the molecule is CCc1cccc2sc(N(Cc3ccccn3)C(=O)c3ccc(S(=O)(=O)N4CCCCC4C)cc3)nc12. The molecule has 192 valence electrons. The van der Waals surface area contributed by atoms with E-state index in [-0.39, 0.29) is 23.4 Å². The van der Waals surface area contributed by atoms with Crippen molar-refractivity contribution in [1.82, 2.24) is 14.3 Å². The molecule has 7 nitrogen and oxygen atoms in total. The standard InChI is InChI=1S/C28H30N4O3S2/c1-3-21-10-8-12-25-26(21)30-28(36-25)31(19-23-11-4-6-17-29-23)27(33)22-13-15-24(16-14-22)37(34,35)32-18-7-5-9-20(32)2/h4,6,8,10-17,20H,3,5,7,9,18-19H2,1-2H3. The normalized spacial score (nSPS) is 16.6. The number of piperidine rings is 1. The number of rotatable bonds is 7. The predicted octanol–water partition coefficient (Wildman–Crippen LogP) is 5.66. The lowest BCUT2D eigenvalue weighted by Crippen LogP contribution is -2.41. The average molecular weight is 535 g/mol. The van der Waals surface area contributed by atoms with Crippen molar-refractivity contribution in [3.05, 3.63) is 83.7 Å². The third-order valence-corrected chi connectivity index (χ3v) is 9.92. The molecule has 0 saturated carbocycles. The number of nitrogens with zero attached hydrogens (tertiary/aromatic N) is 4. The Labute approximate surface area is 221 Å². The first-order valence-corrected chi connectivity index (χ1v) is 14.9. The second kappa shape index (κ2) is 10.7. The van der Waals surface area contributed by atoms with Crippen molar-refractivity contribution in [2.75, 3.05) is 11.4 Å². The Morgan fingerprint density at radius 2 is 1.89 bits per heavy atom. The fourth-order valence-electron chi connectivity index (χ4n) is 4.76. The van der Waals surface area contributed by atoms with E-state index in [0.29, 0.717) is 17.2 Å². The van der Waals surface area contributed by atoms with Crippen molar-refractivity contribution in [2.24, 2.45) is 0 Å². The molecule has 1 amide bonds. The number of carbonyl (C=O) groups excluding carboxylic acids is 1. The number of anilines is 1. The van der Waals surface area contributed by atoms with Crippen molar-refractivity contribution in [2.45, 2.75) is 57.0 Å². The first-order chi connectivity index (χ1) is 17.9. The van der Waals surface area contributed by atoms with Gasteiger partial charge in [-0.2, -0.15) is 4.31 Å². The van der Waals surface area contributed by atoms with Crippen LogP contribution < -0.4 is 4.90 Å². The molecular formula is C28H30N4O3S2. The summed E-state index contributed by atoms with van der Waals surface area (Å²) in [6, 6.07) is 17.9. The number of amides is 1. The zero-order valence-corrected chi connectivity index (χ0v) is 22.6. The van der Waals surface area contributed by atoms with Crippen LogP contribution in [-0.4, -0.2) is 41.2 Å². The van der Waals surface area contributed by atoms with Gasteiger partial charge < -0.3 is 0 Å². The van der Waals surface area contributed by atoms with Gasteiger partial charge in [-0.3, -0.25) is 14.7 Å². The zero-order chi connectivity index (χ0) is 26.0. The molecule has 1 saturated heterocycles. The highest BCUT2D eigenvalue weighted by Crippen LogP contribution is 2.33. The Kier molecular flexibility index (Phi) is 7.37. The molecule has 1 atom stereocenters. The first-order valence-electron chi connectivity index (χ1n) is 12.6. The van der Waals surface area contributed by atoms with Gasteiger partial charge in [-0.25, -0.2) is 13.4 Å². The van der Waals surface area contributed by atoms with Crippen LogP contribution >= 0.6 is 11.3 Å². The van der Waals surface area contributed by atoms with E-state index in [1.165, 1.54) is 23.5 Å². The van der Waals surface area contributed by atoms with E-state index < -0.39 is 10.0 Å². The summed E-state index contributed by atoms with van der Waals surface area (Å²) in [7, 11) is -3.61. The lowest BCUT2D eigenvalue weighted by atomic mass is 10.1. The molecule has 1 aliphatic rings. The van der Waals surface area contributed by atoms with Crippen molar-refractivity contribution >= 4 is 42.6 Å². The molecule has 2 aromatic heterocycles. The summed E-state index contributed by atoms with van der Waals surface area (Å²) < 4.78 is 29.1. The number of fused-ring (bicyclic) bond motifs is 1. The maximum atomic E-state index is 13.8. The van der Waals surface area contributed by atoms with Crippen LogP contribution in [0, 0.1) is 0 Å². The molecule has 3 heterocycles. The number of carbonyl (C=O) groups is 1. The molecule has 1 unspecified atom stereocenters. The van der Waals surface area contributed by atoms with E-state index in [4.69, 9.17) is 4.98 Å². The fourth-order valence-corrected chi connectivity index (χ4v) is 7.47. The smallest absolute Gasteiger partial charge is 0.260 e. The summed E-state index contributed by atoms with van der Waals surface area (Å²) in [5.74, 6) is -0.252. The van der Waals surface area contributed by atoms with Gasteiger partial charge >= 0.3 is 0 Å². The summed E-state index contributed by atoms with van der Waals surface area (Å²) in [4.78, 5) is 24.9. The number of aromatic nitrogens is 2.